The Hall–Kier alpha value is -2.37. The normalized spacial score (nSPS) is 14.6. The molecule has 1 fully saturated rings. The molecular formula is C14H15FN4O. The number of nitrogens with zero attached hydrogens (tertiary/aromatic N) is 2. The summed E-state index contributed by atoms with van der Waals surface area (Å²) in [6, 6.07) is 7.32. The maximum atomic E-state index is 12.9. The fraction of sp³-hybridized carbons (Fsp3) is 0.286. The van der Waals surface area contributed by atoms with E-state index in [0.717, 1.165) is 25.9 Å². The maximum absolute atomic E-state index is 12.9. The van der Waals surface area contributed by atoms with Crippen molar-refractivity contribution in [2.24, 2.45) is 0 Å². The van der Waals surface area contributed by atoms with Crippen molar-refractivity contribution in [2.75, 3.05) is 23.3 Å². The van der Waals surface area contributed by atoms with Crippen molar-refractivity contribution in [3.63, 3.8) is 0 Å². The Morgan fingerprint density at radius 3 is 2.60 bits per heavy atom. The number of anilines is 3. The Morgan fingerprint density at radius 1 is 1.20 bits per heavy atom. The molecule has 0 aliphatic carbocycles. The zero-order chi connectivity index (χ0) is 13.9. The summed E-state index contributed by atoms with van der Waals surface area (Å²) in [4.78, 5) is 20.9. The average molecular weight is 274 g/mol. The van der Waals surface area contributed by atoms with Crippen molar-refractivity contribution in [3.05, 3.63) is 46.5 Å². The lowest BCUT2D eigenvalue weighted by Gasteiger charge is -2.16. The number of nitrogens with one attached hydrogen (secondary N) is 2. The molecule has 0 bridgehead atoms. The summed E-state index contributed by atoms with van der Waals surface area (Å²) >= 11 is 0. The highest BCUT2D eigenvalue weighted by atomic mass is 19.1. The van der Waals surface area contributed by atoms with Crippen LogP contribution in [-0.2, 0) is 0 Å². The summed E-state index contributed by atoms with van der Waals surface area (Å²) < 4.78 is 12.9. The molecule has 0 saturated carbocycles. The summed E-state index contributed by atoms with van der Waals surface area (Å²) in [6.45, 7) is 1.81. The second-order valence-corrected chi connectivity index (χ2v) is 4.78. The van der Waals surface area contributed by atoms with Crippen LogP contribution >= 0.6 is 0 Å². The third kappa shape index (κ3) is 2.79. The first-order valence-electron chi connectivity index (χ1n) is 6.60. The van der Waals surface area contributed by atoms with Crippen LogP contribution in [0.15, 0.2) is 35.1 Å². The number of halogens is 1. The number of rotatable bonds is 3. The van der Waals surface area contributed by atoms with E-state index in [0.29, 0.717) is 17.5 Å². The molecule has 3 rings (SSSR count). The summed E-state index contributed by atoms with van der Waals surface area (Å²) in [5.41, 5.74) is 0.489. The molecule has 0 spiro atoms. The molecule has 6 heteroatoms. The standard InChI is InChI=1S/C14H15FN4O/c15-10-3-5-11(6-4-10)16-12-9-13(20)18-14(17-12)19-7-1-2-8-19/h3-6,9H,1-2,7-8H2,(H2,16,17,18,20). The molecule has 0 atom stereocenters. The van der Waals surface area contributed by atoms with Gasteiger partial charge in [-0.1, -0.05) is 0 Å². The lowest BCUT2D eigenvalue weighted by Crippen LogP contribution is -2.24. The Morgan fingerprint density at radius 2 is 1.90 bits per heavy atom. The molecule has 0 amide bonds. The minimum Gasteiger partial charge on any atom is -0.342 e. The van der Waals surface area contributed by atoms with E-state index in [1.165, 1.54) is 18.2 Å². The predicted octanol–water partition coefficient (Wildman–Crippen LogP) is 2.25. The van der Waals surface area contributed by atoms with Crippen LogP contribution in [0, 0.1) is 5.82 Å². The summed E-state index contributed by atoms with van der Waals surface area (Å²) in [7, 11) is 0. The highest BCUT2D eigenvalue weighted by Crippen LogP contribution is 2.18. The van der Waals surface area contributed by atoms with Gasteiger partial charge in [-0.25, -0.2) is 4.39 Å². The zero-order valence-corrected chi connectivity index (χ0v) is 10.9. The molecule has 20 heavy (non-hydrogen) atoms. The molecule has 1 aromatic carbocycles. The van der Waals surface area contributed by atoms with E-state index in [1.807, 2.05) is 0 Å². The molecule has 2 N–H and O–H groups in total. The van der Waals surface area contributed by atoms with Crippen molar-refractivity contribution in [1.29, 1.82) is 0 Å². The van der Waals surface area contributed by atoms with Gasteiger partial charge >= 0.3 is 0 Å². The largest absolute Gasteiger partial charge is 0.342 e. The fourth-order valence-corrected chi connectivity index (χ4v) is 2.27. The minimum atomic E-state index is -0.299. The van der Waals surface area contributed by atoms with Gasteiger partial charge in [0.25, 0.3) is 5.56 Å². The monoisotopic (exact) mass is 274 g/mol. The molecule has 2 heterocycles. The second-order valence-electron chi connectivity index (χ2n) is 4.78. The third-order valence-corrected chi connectivity index (χ3v) is 3.25. The first kappa shape index (κ1) is 12.7. The van der Waals surface area contributed by atoms with Gasteiger partial charge in [0, 0.05) is 24.8 Å². The summed E-state index contributed by atoms with van der Waals surface area (Å²) in [5.74, 6) is 0.744. The van der Waals surface area contributed by atoms with E-state index < -0.39 is 0 Å². The number of aromatic nitrogens is 2. The smallest absolute Gasteiger partial charge is 0.254 e. The SMILES string of the molecule is O=c1cc(Nc2ccc(F)cc2)nc(N2CCCC2)[nH]1. The Bertz CT molecular complexity index is 647. The molecular weight excluding hydrogens is 259 g/mol. The fourth-order valence-electron chi connectivity index (χ4n) is 2.27. The molecule has 1 aromatic heterocycles. The summed E-state index contributed by atoms with van der Waals surface area (Å²) in [6.07, 6.45) is 2.22. The van der Waals surface area contributed by atoms with Crippen LogP contribution in [0.2, 0.25) is 0 Å². The van der Waals surface area contributed by atoms with E-state index in [4.69, 9.17) is 0 Å². The van der Waals surface area contributed by atoms with E-state index >= 15 is 0 Å². The molecule has 1 saturated heterocycles. The number of aromatic amines is 1. The highest BCUT2D eigenvalue weighted by Gasteiger charge is 2.15. The summed E-state index contributed by atoms with van der Waals surface area (Å²) in [5, 5.41) is 3.01. The number of benzene rings is 1. The molecule has 1 aliphatic rings. The van der Waals surface area contributed by atoms with Crippen molar-refractivity contribution in [3.8, 4) is 0 Å². The van der Waals surface area contributed by atoms with Crippen LogP contribution in [-0.4, -0.2) is 23.1 Å². The average Bonchev–Trinajstić information content (AvgIpc) is 2.95. The van der Waals surface area contributed by atoms with Crippen LogP contribution in [0.25, 0.3) is 0 Å². The van der Waals surface area contributed by atoms with E-state index in [1.54, 1.807) is 12.1 Å². The first-order valence-corrected chi connectivity index (χ1v) is 6.60. The van der Waals surface area contributed by atoms with Crippen LogP contribution < -0.4 is 15.8 Å². The van der Waals surface area contributed by atoms with Crippen molar-refractivity contribution >= 4 is 17.5 Å². The predicted molar refractivity (Wildman–Crippen MR) is 76.0 cm³/mol. The molecule has 104 valence electrons. The van der Waals surface area contributed by atoms with Crippen molar-refractivity contribution in [2.45, 2.75) is 12.8 Å². The van der Waals surface area contributed by atoms with E-state index in [-0.39, 0.29) is 11.4 Å². The molecule has 2 aromatic rings. The molecule has 1 aliphatic heterocycles. The van der Waals surface area contributed by atoms with Gasteiger partial charge in [0.2, 0.25) is 5.95 Å². The third-order valence-electron chi connectivity index (χ3n) is 3.25. The number of H-pyrrole nitrogens is 1. The van der Waals surface area contributed by atoms with Gasteiger partial charge < -0.3 is 10.2 Å². The van der Waals surface area contributed by atoms with Gasteiger partial charge in [-0.05, 0) is 37.1 Å². The van der Waals surface area contributed by atoms with Crippen LogP contribution in [0.3, 0.4) is 0 Å². The van der Waals surface area contributed by atoms with E-state index in [9.17, 15) is 9.18 Å². The minimum absolute atomic E-state index is 0.202. The topological polar surface area (TPSA) is 61.0 Å². The highest BCUT2D eigenvalue weighted by molar-refractivity contribution is 5.56. The molecule has 0 unspecified atom stereocenters. The Labute approximate surface area is 115 Å². The second kappa shape index (κ2) is 5.32. The van der Waals surface area contributed by atoms with Crippen LogP contribution in [0.1, 0.15) is 12.8 Å². The molecule has 5 nitrogen and oxygen atoms in total. The van der Waals surface area contributed by atoms with Gasteiger partial charge in [0.15, 0.2) is 0 Å². The van der Waals surface area contributed by atoms with E-state index in [2.05, 4.69) is 20.2 Å². The van der Waals surface area contributed by atoms with Crippen LogP contribution in [0.4, 0.5) is 21.8 Å². The quantitative estimate of drug-likeness (QED) is 0.901. The van der Waals surface area contributed by atoms with Crippen molar-refractivity contribution in [1.82, 2.24) is 9.97 Å². The van der Waals surface area contributed by atoms with Gasteiger partial charge in [-0.2, -0.15) is 4.98 Å². The number of hydrogen-bond donors (Lipinski definition) is 2. The van der Waals surface area contributed by atoms with Crippen LogP contribution in [0.5, 0.6) is 0 Å². The lowest BCUT2D eigenvalue weighted by atomic mass is 10.3. The Balaban J connectivity index is 1.85. The molecule has 0 radical (unpaired) electrons. The van der Waals surface area contributed by atoms with Gasteiger partial charge in [0.05, 0.1) is 0 Å². The number of hydrogen-bond acceptors (Lipinski definition) is 4. The Kier molecular flexibility index (Phi) is 3.37. The zero-order valence-electron chi connectivity index (χ0n) is 10.9. The first-order chi connectivity index (χ1) is 9.70. The van der Waals surface area contributed by atoms with Crippen molar-refractivity contribution < 1.29 is 4.39 Å². The lowest BCUT2D eigenvalue weighted by molar-refractivity contribution is 0.628. The van der Waals surface area contributed by atoms with Gasteiger partial charge in [0.1, 0.15) is 11.6 Å². The van der Waals surface area contributed by atoms with Gasteiger partial charge in [-0.15, -0.1) is 0 Å². The van der Waals surface area contributed by atoms with Gasteiger partial charge in [-0.3, -0.25) is 9.78 Å². The maximum Gasteiger partial charge on any atom is 0.254 e.